The highest BCUT2D eigenvalue weighted by Crippen LogP contribution is 2.36. The average Bonchev–Trinajstić information content (AvgIpc) is 2.91. The molecule has 2 aliphatic rings. The van der Waals surface area contributed by atoms with Crippen LogP contribution in [0.2, 0.25) is 0 Å². The van der Waals surface area contributed by atoms with Crippen molar-refractivity contribution in [3.8, 4) is 0 Å². The molecular formula is C21H19F4N3O4. The second kappa shape index (κ2) is 7.52. The summed E-state index contributed by atoms with van der Waals surface area (Å²) in [5.74, 6) is -3.35. The van der Waals surface area contributed by atoms with Crippen LogP contribution >= 0.6 is 0 Å². The number of carbonyl (C=O) groups excluding carboxylic acids is 2. The van der Waals surface area contributed by atoms with Gasteiger partial charge in [-0.3, -0.25) is 14.5 Å². The van der Waals surface area contributed by atoms with Crippen LogP contribution in [0.3, 0.4) is 0 Å². The van der Waals surface area contributed by atoms with Gasteiger partial charge in [0.15, 0.2) is 6.10 Å². The number of pyridine rings is 1. The fourth-order valence-electron chi connectivity index (χ4n) is 4.01. The molecule has 170 valence electrons. The van der Waals surface area contributed by atoms with Crippen molar-refractivity contribution in [2.75, 3.05) is 16.8 Å². The first-order chi connectivity index (χ1) is 14.9. The lowest BCUT2D eigenvalue weighted by atomic mass is 9.87. The maximum atomic E-state index is 14.8. The molecule has 1 aromatic heterocycles. The smallest absolute Gasteiger partial charge is 0.387 e. The van der Waals surface area contributed by atoms with Crippen molar-refractivity contribution in [3.63, 3.8) is 0 Å². The first-order valence-electron chi connectivity index (χ1n) is 9.74. The molecule has 0 bridgehead atoms. The Labute approximate surface area is 179 Å². The molecule has 2 N–H and O–H groups in total. The molecule has 1 fully saturated rings. The molecule has 7 nitrogen and oxygen atoms in total. The van der Waals surface area contributed by atoms with E-state index in [2.05, 4.69) is 4.98 Å². The molecule has 4 rings (SSSR count). The number of aryl methyl sites for hydroxylation is 2. The van der Waals surface area contributed by atoms with Gasteiger partial charge in [0.2, 0.25) is 0 Å². The number of alkyl halides is 3. The molecule has 2 heterocycles. The first kappa shape index (κ1) is 22.2. The van der Waals surface area contributed by atoms with E-state index in [0.29, 0.717) is 29.4 Å². The third-order valence-corrected chi connectivity index (χ3v) is 5.84. The summed E-state index contributed by atoms with van der Waals surface area (Å²) < 4.78 is 54.6. The van der Waals surface area contributed by atoms with Crippen molar-refractivity contribution in [2.24, 2.45) is 0 Å². The predicted molar refractivity (Wildman–Crippen MR) is 104 cm³/mol. The molecule has 2 aromatic rings. The van der Waals surface area contributed by atoms with Crippen molar-refractivity contribution < 1.29 is 37.4 Å². The minimum atomic E-state index is -4.76. The van der Waals surface area contributed by atoms with Gasteiger partial charge in [0.25, 0.3) is 11.8 Å². The normalized spacial score (nSPS) is 22.6. The molecule has 0 radical (unpaired) electrons. The number of anilines is 2. The summed E-state index contributed by atoms with van der Waals surface area (Å²) in [6, 6.07) is 2.55. The van der Waals surface area contributed by atoms with E-state index in [1.807, 2.05) is 0 Å². The Hall–Kier alpha value is -3.05. The van der Waals surface area contributed by atoms with Gasteiger partial charge in [0, 0.05) is 12.7 Å². The lowest BCUT2D eigenvalue weighted by Gasteiger charge is -2.30. The number of carbonyl (C=O) groups is 2. The molecule has 1 aliphatic heterocycles. The van der Waals surface area contributed by atoms with Gasteiger partial charge in [-0.15, -0.1) is 0 Å². The second-order valence-corrected chi connectivity index (χ2v) is 7.88. The fraction of sp³-hybridized carbons (Fsp3) is 0.381. The SMILES string of the molecule is Cc1cc(C(F)(F)F)cc(N2C(=O)[C@@H](O)[C@@H](O)[C@H]2C(=O)N(C)c2ccc3c(c2F)CC3)n1. The summed E-state index contributed by atoms with van der Waals surface area (Å²) in [7, 11) is 1.22. The molecule has 1 saturated heterocycles. The molecule has 1 aromatic carbocycles. The molecular weight excluding hydrogens is 434 g/mol. The van der Waals surface area contributed by atoms with Gasteiger partial charge in [-0.25, -0.2) is 9.37 Å². The summed E-state index contributed by atoms with van der Waals surface area (Å²) in [5.41, 5.74) is -0.0492. The summed E-state index contributed by atoms with van der Waals surface area (Å²) in [6.45, 7) is 1.27. The lowest BCUT2D eigenvalue weighted by Crippen LogP contribution is -2.50. The number of aliphatic hydroxyl groups is 2. The summed E-state index contributed by atoms with van der Waals surface area (Å²) in [5, 5.41) is 20.5. The molecule has 32 heavy (non-hydrogen) atoms. The van der Waals surface area contributed by atoms with E-state index >= 15 is 0 Å². The van der Waals surface area contributed by atoms with Crippen molar-refractivity contribution in [3.05, 3.63) is 52.5 Å². The zero-order valence-electron chi connectivity index (χ0n) is 17.0. The Morgan fingerprint density at radius 1 is 1.22 bits per heavy atom. The molecule has 11 heteroatoms. The van der Waals surface area contributed by atoms with Gasteiger partial charge in [0.05, 0.1) is 11.3 Å². The van der Waals surface area contributed by atoms with Crippen LogP contribution in [0, 0.1) is 12.7 Å². The lowest BCUT2D eigenvalue weighted by molar-refractivity contribution is -0.137. The maximum absolute atomic E-state index is 14.8. The van der Waals surface area contributed by atoms with E-state index < -0.39 is 53.4 Å². The Balaban J connectivity index is 1.75. The van der Waals surface area contributed by atoms with Crippen LogP contribution in [0.25, 0.3) is 0 Å². The van der Waals surface area contributed by atoms with Crippen LogP contribution < -0.4 is 9.80 Å². The standard InChI is InChI=1S/C21H19F4N3O4/c1-9-7-11(21(23,24)25)8-14(26-9)28-16(17(29)18(30)20(28)32)19(31)27(2)13-6-4-10-3-5-12(10)15(13)22/h4,6-8,16-18,29-30H,3,5H2,1-2H3/t16-,17-,18-/m0/s1. The van der Waals surface area contributed by atoms with Gasteiger partial charge in [-0.2, -0.15) is 13.2 Å². The van der Waals surface area contributed by atoms with Gasteiger partial charge in [-0.05, 0) is 49.1 Å². The number of benzene rings is 1. The molecule has 3 atom stereocenters. The van der Waals surface area contributed by atoms with Crippen molar-refractivity contribution >= 4 is 23.3 Å². The number of amides is 2. The Bertz CT molecular complexity index is 1120. The average molecular weight is 453 g/mol. The number of aromatic nitrogens is 1. The highest BCUT2D eigenvalue weighted by molar-refractivity contribution is 6.10. The van der Waals surface area contributed by atoms with Crippen LogP contribution in [0.5, 0.6) is 0 Å². The summed E-state index contributed by atoms with van der Waals surface area (Å²) >= 11 is 0. The number of hydrogen-bond acceptors (Lipinski definition) is 5. The van der Waals surface area contributed by atoms with E-state index in [1.165, 1.54) is 20.0 Å². The number of likely N-dealkylation sites (N-methyl/N-ethyl adjacent to an activating group) is 1. The number of fused-ring (bicyclic) bond motifs is 1. The summed E-state index contributed by atoms with van der Waals surface area (Å²) in [4.78, 5) is 31.1. The Kier molecular flexibility index (Phi) is 5.21. The number of nitrogens with zero attached hydrogens (tertiary/aromatic N) is 3. The van der Waals surface area contributed by atoms with Crippen molar-refractivity contribution in [2.45, 2.75) is 44.2 Å². The molecule has 1 aliphatic carbocycles. The zero-order chi connectivity index (χ0) is 23.5. The quantitative estimate of drug-likeness (QED) is 0.691. The van der Waals surface area contributed by atoms with Gasteiger partial charge >= 0.3 is 6.18 Å². The number of halogens is 4. The molecule has 2 amide bonds. The number of rotatable bonds is 3. The fourth-order valence-corrected chi connectivity index (χ4v) is 4.01. The summed E-state index contributed by atoms with van der Waals surface area (Å²) in [6.07, 6.45) is -7.56. The monoisotopic (exact) mass is 453 g/mol. The van der Waals surface area contributed by atoms with E-state index in [4.69, 9.17) is 0 Å². The zero-order valence-corrected chi connectivity index (χ0v) is 17.0. The second-order valence-electron chi connectivity index (χ2n) is 7.88. The third kappa shape index (κ3) is 3.41. The van der Waals surface area contributed by atoms with Crippen LogP contribution in [-0.4, -0.2) is 52.3 Å². The maximum Gasteiger partial charge on any atom is 0.416 e. The molecule has 0 saturated carbocycles. The Morgan fingerprint density at radius 3 is 2.50 bits per heavy atom. The largest absolute Gasteiger partial charge is 0.416 e. The Morgan fingerprint density at radius 2 is 1.91 bits per heavy atom. The van der Waals surface area contributed by atoms with Gasteiger partial charge in [0.1, 0.15) is 23.8 Å². The predicted octanol–water partition coefficient (Wildman–Crippen LogP) is 1.75. The van der Waals surface area contributed by atoms with Crippen LogP contribution in [-0.2, 0) is 28.6 Å². The molecule has 0 spiro atoms. The number of hydrogen-bond donors (Lipinski definition) is 2. The van der Waals surface area contributed by atoms with Crippen LogP contribution in [0.1, 0.15) is 22.4 Å². The first-order valence-corrected chi connectivity index (χ1v) is 9.74. The van der Waals surface area contributed by atoms with Crippen molar-refractivity contribution in [1.82, 2.24) is 4.98 Å². The van der Waals surface area contributed by atoms with Crippen molar-refractivity contribution in [1.29, 1.82) is 0 Å². The van der Waals surface area contributed by atoms with Crippen LogP contribution in [0.15, 0.2) is 24.3 Å². The van der Waals surface area contributed by atoms with Crippen LogP contribution in [0.4, 0.5) is 29.1 Å². The van der Waals surface area contributed by atoms with Gasteiger partial charge in [-0.1, -0.05) is 6.07 Å². The van der Waals surface area contributed by atoms with E-state index in [0.717, 1.165) is 16.5 Å². The highest BCUT2D eigenvalue weighted by atomic mass is 19.4. The highest BCUT2D eigenvalue weighted by Gasteiger charge is 2.53. The molecule has 0 unspecified atom stereocenters. The van der Waals surface area contributed by atoms with Gasteiger partial charge < -0.3 is 15.1 Å². The van der Waals surface area contributed by atoms with E-state index in [-0.39, 0.29) is 11.4 Å². The van der Waals surface area contributed by atoms with E-state index in [9.17, 15) is 37.4 Å². The minimum absolute atomic E-state index is 0.0912. The number of aliphatic hydroxyl groups excluding tert-OH is 2. The third-order valence-electron chi connectivity index (χ3n) is 5.84. The minimum Gasteiger partial charge on any atom is -0.387 e. The topological polar surface area (TPSA) is 94.0 Å². The van der Waals surface area contributed by atoms with E-state index in [1.54, 1.807) is 6.07 Å².